The predicted molar refractivity (Wildman–Crippen MR) is 27.8 cm³/mol. The third kappa shape index (κ3) is 1.73. The van der Waals surface area contributed by atoms with Crippen LogP contribution in [-0.4, -0.2) is 22.4 Å². The van der Waals surface area contributed by atoms with Crippen molar-refractivity contribution in [2.24, 2.45) is 0 Å². The van der Waals surface area contributed by atoms with Crippen molar-refractivity contribution in [2.75, 3.05) is 0 Å². The minimum Gasteiger partial charge on any atom is -0.385 e. The molecule has 0 saturated carbocycles. The molecule has 0 rings (SSSR count). The van der Waals surface area contributed by atoms with Gasteiger partial charge in [0.05, 0.1) is 6.07 Å². The third-order valence-electron chi connectivity index (χ3n) is 0.697. The van der Waals surface area contributed by atoms with Crippen molar-refractivity contribution in [2.45, 2.75) is 12.2 Å². The summed E-state index contributed by atoms with van der Waals surface area (Å²) in [5.41, 5.74) is 0. The lowest BCUT2D eigenvalue weighted by Crippen LogP contribution is -2.20. The molecule has 0 heterocycles. The van der Waals surface area contributed by atoms with Gasteiger partial charge in [0, 0.05) is 0 Å². The van der Waals surface area contributed by atoms with Crippen LogP contribution in [0, 0.1) is 11.3 Å². The van der Waals surface area contributed by atoms with Crippen LogP contribution in [0.1, 0.15) is 0 Å². The zero-order valence-corrected chi connectivity index (χ0v) is 4.28. The van der Waals surface area contributed by atoms with E-state index in [2.05, 4.69) is 6.58 Å². The predicted octanol–water partition coefficient (Wildman–Crippen LogP) is -0.582. The second kappa shape index (κ2) is 3.19. The van der Waals surface area contributed by atoms with E-state index in [0.717, 1.165) is 6.08 Å². The van der Waals surface area contributed by atoms with Crippen molar-refractivity contribution in [3.05, 3.63) is 12.7 Å². The number of nitrogens with zero attached hydrogens (tertiary/aromatic N) is 1. The van der Waals surface area contributed by atoms with E-state index in [1.165, 1.54) is 6.07 Å². The second-order valence-corrected chi connectivity index (χ2v) is 1.30. The normalized spacial score (nSPS) is 16.1. The van der Waals surface area contributed by atoms with Crippen LogP contribution in [0.2, 0.25) is 0 Å². The molecule has 0 fully saturated rings. The van der Waals surface area contributed by atoms with Crippen molar-refractivity contribution in [1.29, 1.82) is 5.26 Å². The average molecular weight is 113 g/mol. The number of rotatable bonds is 2. The first-order valence-corrected chi connectivity index (χ1v) is 2.10. The number of hydrogen-bond acceptors (Lipinski definition) is 3. The maximum atomic E-state index is 8.54. The van der Waals surface area contributed by atoms with Crippen LogP contribution in [0.5, 0.6) is 0 Å². The van der Waals surface area contributed by atoms with Gasteiger partial charge >= 0.3 is 0 Å². The summed E-state index contributed by atoms with van der Waals surface area (Å²) in [6.45, 7) is 3.17. The lowest BCUT2D eigenvalue weighted by atomic mass is 10.2. The molecule has 2 N–H and O–H groups in total. The minimum absolute atomic E-state index is 1.11. The molecule has 2 atom stereocenters. The van der Waals surface area contributed by atoms with Crippen LogP contribution in [0.3, 0.4) is 0 Å². The van der Waals surface area contributed by atoms with Gasteiger partial charge in [-0.3, -0.25) is 0 Å². The van der Waals surface area contributed by atoms with Gasteiger partial charge in [-0.2, -0.15) is 5.26 Å². The first-order valence-electron chi connectivity index (χ1n) is 2.10. The quantitative estimate of drug-likeness (QED) is 0.372. The molecule has 2 unspecified atom stereocenters. The number of hydrogen-bond donors (Lipinski definition) is 2. The Morgan fingerprint density at radius 3 is 2.25 bits per heavy atom. The van der Waals surface area contributed by atoms with Crippen LogP contribution >= 0.6 is 0 Å². The Labute approximate surface area is 47.5 Å². The zero-order chi connectivity index (χ0) is 6.57. The molecule has 0 amide bonds. The first-order chi connectivity index (χ1) is 3.72. The molecular formula is C5H7NO2. The van der Waals surface area contributed by atoms with E-state index in [9.17, 15) is 0 Å². The molecule has 0 aliphatic heterocycles. The number of nitriles is 1. The molecule has 0 radical (unpaired) electrons. The fourth-order valence-corrected chi connectivity index (χ4v) is 0.205. The average Bonchev–Trinajstić information content (AvgIpc) is 1.84. The largest absolute Gasteiger partial charge is 0.385 e. The van der Waals surface area contributed by atoms with E-state index in [-0.39, 0.29) is 0 Å². The van der Waals surface area contributed by atoms with Crippen molar-refractivity contribution >= 4 is 0 Å². The third-order valence-corrected chi connectivity index (χ3v) is 0.697. The molecule has 0 spiro atoms. The molecule has 0 aliphatic rings. The van der Waals surface area contributed by atoms with Gasteiger partial charge in [-0.15, -0.1) is 6.58 Å². The Kier molecular flexibility index (Phi) is 2.85. The number of aliphatic hydroxyl groups is 2. The van der Waals surface area contributed by atoms with Crippen molar-refractivity contribution in [1.82, 2.24) is 0 Å². The molecule has 8 heavy (non-hydrogen) atoms. The fourth-order valence-electron chi connectivity index (χ4n) is 0.205. The summed E-state index contributed by atoms with van der Waals surface area (Å²) in [7, 11) is 0. The summed E-state index contributed by atoms with van der Waals surface area (Å²) >= 11 is 0. The summed E-state index contributed by atoms with van der Waals surface area (Å²) in [4.78, 5) is 0. The first kappa shape index (κ1) is 7.15. The van der Waals surface area contributed by atoms with Gasteiger partial charge in [0.15, 0.2) is 6.10 Å². The van der Waals surface area contributed by atoms with Gasteiger partial charge in [-0.1, -0.05) is 6.08 Å². The minimum atomic E-state index is -1.34. The van der Waals surface area contributed by atoms with Crippen LogP contribution in [0.4, 0.5) is 0 Å². The maximum absolute atomic E-state index is 8.54. The molecule has 0 aromatic rings. The molecule has 44 valence electrons. The monoisotopic (exact) mass is 113 g/mol. The topological polar surface area (TPSA) is 64.2 Å². The van der Waals surface area contributed by atoms with Crippen molar-refractivity contribution in [3.8, 4) is 6.07 Å². The lowest BCUT2D eigenvalue weighted by Gasteiger charge is -2.02. The SMILES string of the molecule is C=CC(O)C(O)C#N. The molecule has 0 bridgehead atoms. The second-order valence-electron chi connectivity index (χ2n) is 1.30. The summed E-state index contributed by atoms with van der Waals surface area (Å²) < 4.78 is 0. The summed E-state index contributed by atoms with van der Waals surface area (Å²) in [6.07, 6.45) is -1.36. The highest BCUT2D eigenvalue weighted by molar-refractivity contribution is 4.96. The molecule has 0 saturated heterocycles. The van der Waals surface area contributed by atoms with Crippen LogP contribution in [0.15, 0.2) is 12.7 Å². The Hall–Kier alpha value is -0.850. The van der Waals surface area contributed by atoms with E-state index >= 15 is 0 Å². The maximum Gasteiger partial charge on any atom is 0.169 e. The molecule has 0 aromatic carbocycles. The summed E-state index contributed by atoms with van der Waals surface area (Å²) in [5.74, 6) is 0. The fraction of sp³-hybridized carbons (Fsp3) is 0.400. The summed E-state index contributed by atoms with van der Waals surface area (Å²) in [5, 5.41) is 24.9. The molecule has 3 nitrogen and oxygen atoms in total. The number of aliphatic hydroxyl groups excluding tert-OH is 2. The van der Waals surface area contributed by atoms with E-state index in [4.69, 9.17) is 15.5 Å². The zero-order valence-electron chi connectivity index (χ0n) is 4.28. The van der Waals surface area contributed by atoms with E-state index in [1.54, 1.807) is 0 Å². The Morgan fingerprint density at radius 1 is 1.62 bits per heavy atom. The van der Waals surface area contributed by atoms with Gasteiger partial charge in [0.25, 0.3) is 0 Å². The van der Waals surface area contributed by atoms with Gasteiger partial charge in [-0.05, 0) is 0 Å². The van der Waals surface area contributed by atoms with Gasteiger partial charge in [-0.25, -0.2) is 0 Å². The summed E-state index contributed by atoms with van der Waals surface area (Å²) in [6, 6.07) is 1.45. The van der Waals surface area contributed by atoms with Gasteiger partial charge in [0.2, 0.25) is 0 Å². The van der Waals surface area contributed by atoms with E-state index < -0.39 is 12.2 Å². The van der Waals surface area contributed by atoms with Crippen LogP contribution in [0.25, 0.3) is 0 Å². The Balaban J connectivity index is 3.66. The lowest BCUT2D eigenvalue weighted by molar-refractivity contribution is 0.0859. The van der Waals surface area contributed by atoms with Crippen molar-refractivity contribution in [3.63, 3.8) is 0 Å². The molecule has 0 aromatic heterocycles. The van der Waals surface area contributed by atoms with E-state index in [1.807, 2.05) is 0 Å². The highest BCUT2D eigenvalue weighted by Gasteiger charge is 2.08. The molecule has 3 heteroatoms. The molecule has 0 aliphatic carbocycles. The molecular weight excluding hydrogens is 106 g/mol. The highest BCUT2D eigenvalue weighted by atomic mass is 16.3. The van der Waals surface area contributed by atoms with Gasteiger partial charge < -0.3 is 10.2 Å². The van der Waals surface area contributed by atoms with Crippen LogP contribution in [-0.2, 0) is 0 Å². The smallest absolute Gasteiger partial charge is 0.169 e. The van der Waals surface area contributed by atoms with Crippen molar-refractivity contribution < 1.29 is 10.2 Å². The standard InChI is InChI=1S/C5H7NO2/c1-2-4(7)5(8)3-6/h2,4-5,7-8H,1H2. The van der Waals surface area contributed by atoms with E-state index in [0.29, 0.717) is 0 Å². The highest BCUT2D eigenvalue weighted by Crippen LogP contribution is 1.90. The van der Waals surface area contributed by atoms with Crippen LogP contribution < -0.4 is 0 Å². The Bertz CT molecular complexity index is 116. The van der Waals surface area contributed by atoms with Gasteiger partial charge in [0.1, 0.15) is 6.10 Å². The Morgan fingerprint density at radius 2 is 2.12 bits per heavy atom.